The number of benzene rings is 5. The Morgan fingerprint density at radius 2 is 1.27 bits per heavy atom. The second-order valence-electron chi connectivity index (χ2n) is 12.0. The summed E-state index contributed by atoms with van der Waals surface area (Å²) < 4.78 is 9.92. The fourth-order valence-electron chi connectivity index (χ4n) is 6.72. The summed E-state index contributed by atoms with van der Waals surface area (Å²) in [6.45, 7) is 5.42. The van der Waals surface area contributed by atoms with E-state index in [9.17, 15) is 0 Å². The molecule has 7 rings (SSSR count). The number of hydrogen-bond donors (Lipinski definition) is 0. The molecule has 1 saturated heterocycles. The molecule has 3 nitrogen and oxygen atoms in total. The number of rotatable bonds is 8. The third kappa shape index (κ3) is 6.47. The van der Waals surface area contributed by atoms with Crippen molar-refractivity contribution < 1.29 is 22.7 Å². The minimum atomic E-state index is -2.46. The summed E-state index contributed by atoms with van der Waals surface area (Å²) in [6, 6.07) is 45.8. The van der Waals surface area contributed by atoms with E-state index in [1.165, 1.54) is 32.4 Å². The molecule has 0 radical (unpaired) electrons. The monoisotopic (exact) mass is 832 g/mol. The number of aromatic nitrogens is 2. The van der Waals surface area contributed by atoms with Gasteiger partial charge in [-0.2, -0.15) is 0 Å². The van der Waals surface area contributed by atoms with E-state index in [1.807, 2.05) is 30.9 Å². The predicted molar refractivity (Wildman–Crippen MR) is 205 cm³/mol. The molecule has 1 aliphatic rings. The van der Waals surface area contributed by atoms with Gasteiger partial charge in [0.05, 0.1) is 0 Å². The van der Waals surface area contributed by atoms with Crippen LogP contribution in [-0.2, 0) is 22.7 Å². The summed E-state index contributed by atoms with van der Waals surface area (Å²) in [4.78, 5) is 10.2. The molecule has 5 aromatic carbocycles. The van der Waals surface area contributed by atoms with Crippen molar-refractivity contribution in [3.05, 3.63) is 173 Å². The van der Waals surface area contributed by atoms with Crippen molar-refractivity contribution in [3.63, 3.8) is 0 Å². The fraction of sp³-hybridized carbons (Fsp3) is 0.114. The molecule has 1 aromatic heterocycles. The van der Waals surface area contributed by atoms with Crippen LogP contribution in [0.5, 0.6) is 0 Å². The van der Waals surface area contributed by atoms with Crippen LogP contribution in [0.2, 0.25) is 0 Å². The first kappa shape index (κ1) is 33.0. The van der Waals surface area contributed by atoms with Gasteiger partial charge in [-0.1, -0.05) is 6.08 Å². The summed E-state index contributed by atoms with van der Waals surface area (Å²) in [7, 11) is -2.46. The van der Waals surface area contributed by atoms with Gasteiger partial charge in [0.1, 0.15) is 0 Å². The van der Waals surface area contributed by atoms with Gasteiger partial charge in [-0.05, 0) is 6.92 Å². The summed E-state index contributed by atoms with van der Waals surface area (Å²) in [6.07, 6.45) is 9.76. The Bertz CT molecular complexity index is 2210. The molecule has 0 amide bonds. The normalized spacial score (nSPS) is 15.7. The van der Waals surface area contributed by atoms with E-state index in [1.54, 1.807) is 0 Å². The van der Waals surface area contributed by atoms with Crippen molar-refractivity contribution >= 4 is 56.9 Å². The number of hydrogen-bond acceptors (Lipinski definition) is 3. The zero-order chi connectivity index (χ0) is 33.6. The van der Waals surface area contributed by atoms with Gasteiger partial charge in [-0.15, -0.1) is 0 Å². The first-order valence-electron chi connectivity index (χ1n) is 16.6. The first-order chi connectivity index (χ1) is 24.1. The fourth-order valence-corrected chi connectivity index (χ4v) is 12.5. The number of fused-ring (bicyclic) bond motifs is 2. The van der Waals surface area contributed by atoms with E-state index in [-0.39, 0.29) is 0 Å². The minimum absolute atomic E-state index is 0.578. The SMILES string of the molecule is C/C=C/c1ccc2nc3cc(C(C=C4COCC4=CCC)=C([C]#[Os])[P+](c4ccccc4)(c4ccccc4)c4ccccc4)ccc3nc2c1. The molecule has 0 saturated carbocycles. The molecular weight excluding hydrogens is 794 g/mol. The summed E-state index contributed by atoms with van der Waals surface area (Å²) in [5.74, 6) is 0. The molecule has 0 unspecified atom stereocenters. The summed E-state index contributed by atoms with van der Waals surface area (Å²) in [5, 5.41) is 5.04. The number of ether oxygens (including phenoxy) is 1. The van der Waals surface area contributed by atoms with Crippen molar-refractivity contribution in [3.8, 4) is 4.37 Å². The molecule has 5 heteroatoms. The van der Waals surface area contributed by atoms with Crippen LogP contribution in [0.25, 0.3) is 33.7 Å². The predicted octanol–water partition coefficient (Wildman–Crippen LogP) is 9.32. The van der Waals surface area contributed by atoms with Gasteiger partial charge in [0.25, 0.3) is 0 Å². The van der Waals surface area contributed by atoms with Gasteiger partial charge in [-0.3, -0.25) is 0 Å². The van der Waals surface area contributed by atoms with E-state index >= 15 is 0 Å². The Hall–Kier alpha value is -4.53. The van der Waals surface area contributed by atoms with E-state index in [2.05, 4.69) is 157 Å². The van der Waals surface area contributed by atoms with Gasteiger partial charge in [0, 0.05) is 0 Å². The van der Waals surface area contributed by atoms with Crippen LogP contribution in [0.1, 0.15) is 31.4 Å². The molecule has 0 aliphatic carbocycles. The molecule has 0 N–H and O–H groups in total. The van der Waals surface area contributed by atoms with Crippen molar-refractivity contribution in [2.24, 2.45) is 0 Å². The maximum absolute atomic E-state index is 6.06. The van der Waals surface area contributed by atoms with E-state index < -0.39 is 7.26 Å². The van der Waals surface area contributed by atoms with Gasteiger partial charge in [-0.25, -0.2) is 0 Å². The van der Waals surface area contributed by atoms with E-state index in [4.69, 9.17) is 14.7 Å². The Labute approximate surface area is 299 Å². The molecule has 0 atom stereocenters. The molecule has 1 fully saturated rings. The summed E-state index contributed by atoms with van der Waals surface area (Å²) >= 11 is 1.81. The van der Waals surface area contributed by atoms with Crippen LogP contribution in [-0.4, -0.2) is 23.2 Å². The molecule has 6 aromatic rings. The van der Waals surface area contributed by atoms with Crippen LogP contribution >= 0.6 is 7.26 Å². The molecular formula is C44H37N2OOsP+. The molecule has 1 aliphatic heterocycles. The van der Waals surface area contributed by atoms with Gasteiger partial charge < -0.3 is 0 Å². The van der Waals surface area contributed by atoms with Crippen LogP contribution in [0.15, 0.2) is 162 Å². The van der Waals surface area contributed by atoms with Crippen molar-refractivity contribution in [1.29, 1.82) is 0 Å². The molecule has 241 valence electrons. The number of allylic oxidation sites excluding steroid dienone is 5. The van der Waals surface area contributed by atoms with Crippen molar-refractivity contribution in [2.45, 2.75) is 20.3 Å². The average molecular weight is 831 g/mol. The Morgan fingerprint density at radius 3 is 1.82 bits per heavy atom. The third-order valence-electron chi connectivity index (χ3n) is 8.93. The van der Waals surface area contributed by atoms with Crippen LogP contribution in [0, 0.1) is 4.37 Å². The van der Waals surface area contributed by atoms with Crippen molar-refractivity contribution in [2.75, 3.05) is 13.2 Å². The first-order valence-corrected chi connectivity index (χ1v) is 19.7. The standard InChI is InChI=1S/C44H37N2OP.Os/c1-4-15-33-23-25-41-43(27-33)45-42-26-24-34(29-44(42)46-41)40(28-36-31-47-30-35(36)16-5-2)32(3)48(37-17-9-6-10-18-37,38-19-11-7-12-20-38)39-21-13-8-14-22-39;/h4,6-29H,5,30-31H2,1-2H3;/q+1;/b15-4+,35-16?,36-28?,40-32?;. The number of nitrogens with zero attached hydrogens (tertiary/aromatic N) is 2. The summed E-state index contributed by atoms with van der Waals surface area (Å²) in [5.41, 5.74) is 9.32. The van der Waals surface area contributed by atoms with Crippen LogP contribution < -0.4 is 15.9 Å². The topological polar surface area (TPSA) is 35.0 Å². The Kier molecular flexibility index (Phi) is 10.0. The second-order valence-corrected chi connectivity index (χ2v) is 16.0. The maximum atomic E-state index is 6.06. The quantitative estimate of drug-likeness (QED) is 0.113. The van der Waals surface area contributed by atoms with E-state index in [0.29, 0.717) is 13.2 Å². The second kappa shape index (κ2) is 14.9. The molecule has 2 heterocycles. The average Bonchev–Trinajstić information content (AvgIpc) is 3.59. The van der Waals surface area contributed by atoms with Gasteiger partial charge >= 0.3 is 288 Å². The van der Waals surface area contributed by atoms with Crippen LogP contribution in [0.3, 0.4) is 0 Å². The zero-order valence-electron chi connectivity index (χ0n) is 27.7. The Balaban J connectivity index is 1.59. The van der Waals surface area contributed by atoms with E-state index in [0.717, 1.165) is 45.2 Å². The van der Waals surface area contributed by atoms with Gasteiger partial charge in [0.15, 0.2) is 0 Å². The third-order valence-corrected chi connectivity index (χ3v) is 14.3. The van der Waals surface area contributed by atoms with Crippen LogP contribution in [0.4, 0.5) is 0 Å². The zero-order valence-corrected chi connectivity index (χ0v) is 31.1. The molecule has 0 spiro atoms. The van der Waals surface area contributed by atoms with Gasteiger partial charge in [0.2, 0.25) is 0 Å². The molecule has 49 heavy (non-hydrogen) atoms. The Morgan fingerprint density at radius 1 is 0.714 bits per heavy atom. The van der Waals surface area contributed by atoms with Crippen molar-refractivity contribution in [1.82, 2.24) is 9.97 Å². The molecule has 0 bridgehead atoms.